The summed E-state index contributed by atoms with van der Waals surface area (Å²) in [6.07, 6.45) is -2.02. The van der Waals surface area contributed by atoms with E-state index < -0.39 is 22.4 Å². The molecule has 39 heavy (non-hydrogen) atoms. The molecule has 0 atom stereocenters. The lowest BCUT2D eigenvalue weighted by Crippen LogP contribution is -2.47. The number of benzene rings is 2. The van der Waals surface area contributed by atoms with E-state index in [1.54, 1.807) is 0 Å². The van der Waals surface area contributed by atoms with Crippen LogP contribution in [0.4, 0.5) is 24.5 Å². The Hall–Kier alpha value is -2.92. The number of nitrogens with zero attached hydrogens (tertiary/aromatic N) is 4. The lowest BCUT2D eigenvalue weighted by atomic mass is 10.1. The van der Waals surface area contributed by atoms with Crippen molar-refractivity contribution in [3.63, 3.8) is 0 Å². The number of aryl methyl sites for hydroxylation is 1. The summed E-state index contributed by atoms with van der Waals surface area (Å²) >= 11 is 5.67. The molecular formula is C28H37F3N4O3S. The Bertz CT molecular complexity index is 1130. The molecule has 4 rings (SSSR count). The molecule has 2 aliphatic rings. The maximum atomic E-state index is 13.2. The van der Waals surface area contributed by atoms with Crippen molar-refractivity contribution in [2.24, 2.45) is 0 Å². The minimum absolute atomic E-state index is 0. The van der Waals surface area contributed by atoms with Crippen molar-refractivity contribution in [3.05, 3.63) is 63.7 Å². The zero-order valence-electron chi connectivity index (χ0n) is 21.5. The van der Waals surface area contributed by atoms with E-state index in [2.05, 4.69) is 45.9 Å². The highest BCUT2D eigenvalue weighted by atomic mass is 32.1. The van der Waals surface area contributed by atoms with Gasteiger partial charge in [-0.25, -0.2) is 0 Å². The second-order valence-electron chi connectivity index (χ2n) is 9.90. The third kappa shape index (κ3) is 8.28. The number of piperazine rings is 1. The molecule has 0 saturated carbocycles. The summed E-state index contributed by atoms with van der Waals surface area (Å²) in [5.74, 6) is -0.00792. The van der Waals surface area contributed by atoms with Gasteiger partial charge in [0.25, 0.3) is 5.69 Å². The monoisotopic (exact) mass is 566 g/mol. The smallest absolute Gasteiger partial charge is 0.423 e. The van der Waals surface area contributed by atoms with Crippen molar-refractivity contribution >= 4 is 28.6 Å². The van der Waals surface area contributed by atoms with Crippen molar-refractivity contribution in [2.75, 3.05) is 50.7 Å². The normalized spacial score (nSPS) is 17.0. The first kappa shape index (κ1) is 30.6. The number of nitro groups is 1. The molecule has 2 saturated heterocycles. The Labute approximate surface area is 233 Å². The van der Waals surface area contributed by atoms with E-state index in [4.69, 9.17) is 17.0 Å². The summed E-state index contributed by atoms with van der Waals surface area (Å²) in [6.45, 7) is 8.56. The van der Waals surface area contributed by atoms with Crippen LogP contribution in [-0.4, -0.2) is 71.6 Å². The van der Waals surface area contributed by atoms with Crippen LogP contribution in [0.1, 0.15) is 44.2 Å². The van der Waals surface area contributed by atoms with Gasteiger partial charge in [-0.05, 0) is 56.1 Å². The van der Waals surface area contributed by atoms with Gasteiger partial charge in [0.2, 0.25) is 0 Å². The van der Waals surface area contributed by atoms with Gasteiger partial charge >= 0.3 is 6.18 Å². The Balaban J connectivity index is 0.00000420. The molecule has 0 bridgehead atoms. The zero-order valence-corrected chi connectivity index (χ0v) is 22.3. The van der Waals surface area contributed by atoms with Crippen LogP contribution in [0.15, 0.2) is 42.5 Å². The van der Waals surface area contributed by atoms with Gasteiger partial charge in [0.15, 0.2) is 0 Å². The van der Waals surface area contributed by atoms with Gasteiger partial charge in [-0.3, -0.25) is 15.0 Å². The molecule has 0 aromatic heterocycles. The molecule has 0 amide bonds. The lowest BCUT2D eigenvalue weighted by Gasteiger charge is -2.37. The summed E-state index contributed by atoms with van der Waals surface area (Å²) in [4.78, 5) is 17.9. The molecular weight excluding hydrogens is 529 g/mol. The van der Waals surface area contributed by atoms with Crippen molar-refractivity contribution < 1.29 is 22.8 Å². The number of nitro benzene ring substituents is 1. The summed E-state index contributed by atoms with van der Waals surface area (Å²) in [5, 5.41) is 11.0. The first-order valence-electron chi connectivity index (χ1n) is 12.9. The third-order valence-corrected chi connectivity index (χ3v) is 7.63. The van der Waals surface area contributed by atoms with Gasteiger partial charge in [0, 0.05) is 63.9 Å². The van der Waals surface area contributed by atoms with E-state index in [-0.39, 0.29) is 19.3 Å². The number of hydrogen-bond acceptors (Lipinski definition) is 6. The molecule has 0 N–H and O–H groups in total. The largest absolute Gasteiger partial charge is 0.490 e. The quantitative estimate of drug-likeness (QED) is 0.210. The van der Waals surface area contributed by atoms with E-state index in [0.717, 1.165) is 62.7 Å². The maximum absolute atomic E-state index is 13.2. The number of thiocarbonyl (C=S) groups is 1. The summed E-state index contributed by atoms with van der Waals surface area (Å²) in [5.41, 5.74) is 0.289. The van der Waals surface area contributed by atoms with Crippen molar-refractivity contribution in [3.8, 4) is 5.75 Å². The Morgan fingerprint density at radius 3 is 2.38 bits per heavy atom. The molecule has 0 aliphatic carbocycles. The predicted molar refractivity (Wildman–Crippen MR) is 152 cm³/mol. The fraction of sp³-hybridized carbons (Fsp3) is 0.536. The third-order valence-electron chi connectivity index (χ3n) is 7.17. The Morgan fingerprint density at radius 1 is 1.08 bits per heavy atom. The highest BCUT2D eigenvalue weighted by Gasteiger charge is 2.39. The number of alkyl halides is 3. The number of piperidine rings is 1. The number of likely N-dealkylation sites (tertiary alicyclic amines) is 1. The lowest BCUT2D eigenvalue weighted by molar-refractivity contribution is -0.388. The van der Waals surface area contributed by atoms with Crippen LogP contribution in [0.25, 0.3) is 0 Å². The fourth-order valence-electron chi connectivity index (χ4n) is 5.06. The Morgan fingerprint density at radius 2 is 1.77 bits per heavy atom. The van der Waals surface area contributed by atoms with Crippen molar-refractivity contribution in [2.45, 2.75) is 52.3 Å². The first-order valence-corrected chi connectivity index (χ1v) is 13.3. The number of halogens is 3. The molecule has 0 unspecified atom stereocenters. The average molecular weight is 567 g/mol. The number of rotatable bonds is 8. The van der Waals surface area contributed by atoms with Crippen LogP contribution < -0.4 is 9.64 Å². The van der Waals surface area contributed by atoms with Gasteiger partial charge in [0.05, 0.1) is 9.91 Å². The fourth-order valence-corrected chi connectivity index (χ4v) is 5.38. The topological polar surface area (TPSA) is 62.1 Å². The van der Waals surface area contributed by atoms with Gasteiger partial charge in [-0.2, -0.15) is 13.2 Å². The Kier molecular flexibility index (Phi) is 10.5. The van der Waals surface area contributed by atoms with Gasteiger partial charge in [-0.1, -0.05) is 31.8 Å². The van der Waals surface area contributed by atoms with Gasteiger partial charge < -0.3 is 14.5 Å². The molecule has 2 fully saturated rings. The van der Waals surface area contributed by atoms with E-state index in [9.17, 15) is 23.3 Å². The van der Waals surface area contributed by atoms with Crippen LogP contribution >= 0.6 is 12.2 Å². The molecule has 7 nitrogen and oxygen atoms in total. The molecule has 0 radical (unpaired) electrons. The number of anilines is 1. The van der Waals surface area contributed by atoms with E-state index in [1.165, 1.54) is 17.3 Å². The molecule has 2 aliphatic heterocycles. The zero-order chi connectivity index (χ0) is 27.3. The highest BCUT2D eigenvalue weighted by molar-refractivity contribution is 7.80. The summed E-state index contributed by atoms with van der Waals surface area (Å²) in [6, 6.07) is 11.4. The van der Waals surface area contributed by atoms with E-state index in [1.807, 2.05) is 0 Å². The summed E-state index contributed by atoms with van der Waals surface area (Å²) in [7, 11) is 0. The maximum Gasteiger partial charge on any atom is 0.423 e. The van der Waals surface area contributed by atoms with Gasteiger partial charge in [-0.15, -0.1) is 0 Å². The molecule has 214 valence electrons. The second kappa shape index (κ2) is 13.4. The molecule has 0 spiro atoms. The SMILES string of the molecule is C.Cc1cccc(N2CCN(CCCC(=S)N3CCC(Oc4ccc([N+](=O)[O-])c(C(F)(F)F)c4)CC3)CC2)c1. The van der Waals surface area contributed by atoms with Crippen LogP contribution in [-0.2, 0) is 6.18 Å². The highest BCUT2D eigenvalue weighted by Crippen LogP contribution is 2.38. The van der Waals surface area contributed by atoms with Crippen LogP contribution in [0.5, 0.6) is 5.75 Å². The molecule has 2 aromatic carbocycles. The molecule has 11 heteroatoms. The number of hydrogen-bond donors (Lipinski definition) is 0. The van der Waals surface area contributed by atoms with Crippen LogP contribution in [0.3, 0.4) is 0 Å². The van der Waals surface area contributed by atoms with Crippen molar-refractivity contribution in [1.29, 1.82) is 0 Å². The van der Waals surface area contributed by atoms with Gasteiger partial charge in [0.1, 0.15) is 17.4 Å². The van der Waals surface area contributed by atoms with Crippen molar-refractivity contribution in [1.82, 2.24) is 9.80 Å². The van der Waals surface area contributed by atoms with E-state index >= 15 is 0 Å². The molecule has 2 heterocycles. The average Bonchev–Trinajstić information content (AvgIpc) is 2.89. The minimum atomic E-state index is -4.83. The van der Waals surface area contributed by atoms with E-state index in [0.29, 0.717) is 25.9 Å². The second-order valence-corrected chi connectivity index (χ2v) is 10.4. The standard InChI is InChI=1S/C27H33F3N4O3S.CH4/c1-20-4-2-5-21(18-20)32-16-14-31(15-17-32)11-3-6-26(38)33-12-9-22(10-13-33)37-23-7-8-25(34(35)36)24(19-23)27(28,29)30;/h2,4-5,7-8,18-19,22H,3,6,9-17H2,1H3;1H4. The molecule has 2 aromatic rings. The minimum Gasteiger partial charge on any atom is -0.490 e. The van der Waals surface area contributed by atoms with Crippen LogP contribution in [0, 0.1) is 17.0 Å². The first-order chi connectivity index (χ1) is 18.1. The van der Waals surface area contributed by atoms with Crippen LogP contribution in [0.2, 0.25) is 0 Å². The predicted octanol–water partition coefficient (Wildman–Crippen LogP) is 6.33. The number of ether oxygens (including phenoxy) is 1. The summed E-state index contributed by atoms with van der Waals surface area (Å²) < 4.78 is 45.5.